The number of fused-ring (bicyclic) bond motifs is 3. The molecule has 0 N–H and O–H groups in total. The van der Waals surface area contributed by atoms with E-state index in [4.69, 9.17) is 0 Å². The van der Waals surface area contributed by atoms with Gasteiger partial charge < -0.3 is 0 Å². The standard InChI is InChI=1S/C12H16O/c1-8-7-9(13)11(2)10(8)12(11)5-3-4-6-12/h7,10H,3-6H2,1-2H3. The molecule has 70 valence electrons. The number of carbonyl (C=O) groups excluding carboxylic acids is 1. The Bertz CT molecular complexity index is 320. The lowest BCUT2D eigenvalue weighted by Crippen LogP contribution is -2.16. The van der Waals surface area contributed by atoms with Crippen molar-refractivity contribution in [2.24, 2.45) is 16.7 Å². The minimum absolute atomic E-state index is 0.0353. The van der Waals surface area contributed by atoms with E-state index in [1.54, 1.807) is 0 Å². The van der Waals surface area contributed by atoms with E-state index in [-0.39, 0.29) is 5.41 Å². The van der Waals surface area contributed by atoms with E-state index in [9.17, 15) is 4.79 Å². The van der Waals surface area contributed by atoms with Gasteiger partial charge in [0.15, 0.2) is 5.78 Å². The third kappa shape index (κ3) is 0.589. The number of carbonyl (C=O) groups is 1. The van der Waals surface area contributed by atoms with Gasteiger partial charge in [0, 0.05) is 5.41 Å². The second kappa shape index (κ2) is 1.92. The summed E-state index contributed by atoms with van der Waals surface area (Å²) in [6.45, 7) is 4.33. The third-order valence-electron chi connectivity index (χ3n) is 4.90. The van der Waals surface area contributed by atoms with Crippen LogP contribution in [0.1, 0.15) is 39.5 Å². The van der Waals surface area contributed by atoms with Gasteiger partial charge in [-0.2, -0.15) is 0 Å². The van der Waals surface area contributed by atoms with Crippen molar-refractivity contribution in [2.75, 3.05) is 0 Å². The van der Waals surface area contributed by atoms with Crippen molar-refractivity contribution < 1.29 is 4.79 Å². The van der Waals surface area contributed by atoms with Crippen LogP contribution in [0.2, 0.25) is 0 Å². The highest BCUT2D eigenvalue weighted by atomic mass is 16.1. The van der Waals surface area contributed by atoms with Gasteiger partial charge in [-0.05, 0) is 37.2 Å². The molecule has 13 heavy (non-hydrogen) atoms. The maximum absolute atomic E-state index is 11.8. The van der Waals surface area contributed by atoms with Gasteiger partial charge in [0.25, 0.3) is 0 Å². The summed E-state index contributed by atoms with van der Waals surface area (Å²) in [5.74, 6) is 1.03. The topological polar surface area (TPSA) is 17.1 Å². The van der Waals surface area contributed by atoms with E-state index >= 15 is 0 Å². The van der Waals surface area contributed by atoms with Crippen LogP contribution in [0, 0.1) is 16.7 Å². The molecule has 0 heterocycles. The highest BCUT2D eigenvalue weighted by Gasteiger charge is 2.78. The first-order valence-corrected chi connectivity index (χ1v) is 5.35. The minimum Gasteiger partial charge on any atom is -0.294 e. The van der Waals surface area contributed by atoms with Crippen LogP contribution in [-0.2, 0) is 4.79 Å². The fourth-order valence-electron chi connectivity index (χ4n) is 4.30. The number of hydrogen-bond acceptors (Lipinski definition) is 1. The van der Waals surface area contributed by atoms with E-state index in [2.05, 4.69) is 13.8 Å². The second-order valence-electron chi connectivity index (χ2n) is 5.25. The number of ketones is 1. The van der Waals surface area contributed by atoms with Crippen molar-refractivity contribution in [3.8, 4) is 0 Å². The van der Waals surface area contributed by atoms with E-state index in [0.717, 1.165) is 0 Å². The monoisotopic (exact) mass is 176 g/mol. The molecule has 3 rings (SSSR count). The molecule has 1 heteroatoms. The number of hydrogen-bond donors (Lipinski definition) is 0. The summed E-state index contributed by atoms with van der Waals surface area (Å²) in [6, 6.07) is 0. The third-order valence-corrected chi connectivity index (χ3v) is 4.90. The van der Waals surface area contributed by atoms with Crippen molar-refractivity contribution in [1.29, 1.82) is 0 Å². The zero-order valence-corrected chi connectivity index (χ0v) is 8.39. The van der Waals surface area contributed by atoms with Crippen molar-refractivity contribution >= 4 is 5.78 Å². The summed E-state index contributed by atoms with van der Waals surface area (Å²) < 4.78 is 0. The first-order chi connectivity index (χ1) is 6.13. The van der Waals surface area contributed by atoms with E-state index in [0.29, 0.717) is 17.1 Å². The van der Waals surface area contributed by atoms with Crippen LogP contribution in [0.15, 0.2) is 11.6 Å². The maximum atomic E-state index is 11.8. The van der Waals surface area contributed by atoms with Crippen molar-refractivity contribution in [3.05, 3.63) is 11.6 Å². The van der Waals surface area contributed by atoms with Gasteiger partial charge in [0.05, 0.1) is 0 Å². The molecule has 0 aromatic carbocycles. The fourth-order valence-corrected chi connectivity index (χ4v) is 4.30. The molecule has 2 fully saturated rings. The summed E-state index contributed by atoms with van der Waals surface area (Å²) in [4.78, 5) is 11.8. The molecule has 2 atom stereocenters. The second-order valence-corrected chi connectivity index (χ2v) is 5.25. The Balaban J connectivity index is 2.07. The quantitative estimate of drug-likeness (QED) is 0.554. The van der Waals surface area contributed by atoms with Crippen LogP contribution in [0.3, 0.4) is 0 Å². The van der Waals surface area contributed by atoms with Crippen LogP contribution in [0.4, 0.5) is 0 Å². The zero-order valence-electron chi connectivity index (χ0n) is 8.39. The highest BCUT2D eigenvalue weighted by molar-refractivity contribution is 6.03. The average molecular weight is 176 g/mol. The summed E-state index contributed by atoms with van der Waals surface area (Å²) in [5.41, 5.74) is 1.81. The minimum atomic E-state index is 0.0353. The van der Waals surface area contributed by atoms with Crippen LogP contribution in [-0.4, -0.2) is 5.78 Å². The first-order valence-electron chi connectivity index (χ1n) is 5.35. The van der Waals surface area contributed by atoms with E-state index in [1.807, 2.05) is 6.08 Å². The predicted octanol–water partition coefficient (Wildman–Crippen LogP) is 2.71. The molecular weight excluding hydrogens is 160 g/mol. The summed E-state index contributed by atoms with van der Waals surface area (Å²) in [7, 11) is 0. The molecule has 0 amide bonds. The summed E-state index contributed by atoms with van der Waals surface area (Å²) in [6.07, 6.45) is 7.16. The Labute approximate surface area is 79.2 Å². The van der Waals surface area contributed by atoms with E-state index in [1.165, 1.54) is 31.3 Å². The largest absolute Gasteiger partial charge is 0.294 e. The summed E-state index contributed by atoms with van der Waals surface area (Å²) in [5, 5.41) is 0. The Morgan fingerprint density at radius 1 is 1.38 bits per heavy atom. The molecule has 2 unspecified atom stereocenters. The van der Waals surface area contributed by atoms with Gasteiger partial charge in [-0.15, -0.1) is 0 Å². The molecule has 0 aromatic rings. The summed E-state index contributed by atoms with van der Waals surface area (Å²) >= 11 is 0. The van der Waals surface area contributed by atoms with Crippen molar-refractivity contribution in [1.82, 2.24) is 0 Å². The van der Waals surface area contributed by atoms with Gasteiger partial charge in [-0.3, -0.25) is 4.79 Å². The van der Waals surface area contributed by atoms with Gasteiger partial charge >= 0.3 is 0 Å². The Morgan fingerprint density at radius 2 is 2.00 bits per heavy atom. The lowest BCUT2D eigenvalue weighted by Gasteiger charge is -2.15. The molecule has 0 saturated heterocycles. The Kier molecular flexibility index (Phi) is 1.15. The van der Waals surface area contributed by atoms with Crippen LogP contribution in [0.25, 0.3) is 0 Å². The van der Waals surface area contributed by atoms with Crippen LogP contribution in [0.5, 0.6) is 0 Å². The molecule has 0 bridgehead atoms. The first kappa shape index (κ1) is 7.78. The molecule has 0 radical (unpaired) electrons. The molecule has 1 nitrogen and oxygen atoms in total. The predicted molar refractivity (Wildman–Crippen MR) is 51.3 cm³/mol. The molecule has 0 aliphatic heterocycles. The molecule has 0 aromatic heterocycles. The SMILES string of the molecule is CC1=CC(=O)C2(C)C1C21CCCC1. The smallest absolute Gasteiger partial charge is 0.162 e. The lowest BCUT2D eigenvalue weighted by atomic mass is 9.88. The molecule has 2 saturated carbocycles. The van der Waals surface area contributed by atoms with Gasteiger partial charge in [-0.25, -0.2) is 0 Å². The zero-order chi connectivity index (χ0) is 9.27. The van der Waals surface area contributed by atoms with Gasteiger partial charge in [0.2, 0.25) is 0 Å². The molecule has 1 spiro atoms. The van der Waals surface area contributed by atoms with E-state index < -0.39 is 0 Å². The molecular formula is C12H16O. The maximum Gasteiger partial charge on any atom is 0.162 e. The number of allylic oxidation sites excluding steroid dienone is 2. The van der Waals surface area contributed by atoms with Crippen molar-refractivity contribution in [2.45, 2.75) is 39.5 Å². The van der Waals surface area contributed by atoms with Gasteiger partial charge in [0.1, 0.15) is 0 Å². The fraction of sp³-hybridized carbons (Fsp3) is 0.750. The lowest BCUT2D eigenvalue weighted by molar-refractivity contribution is -0.119. The van der Waals surface area contributed by atoms with Crippen LogP contribution < -0.4 is 0 Å². The Morgan fingerprint density at radius 3 is 2.46 bits per heavy atom. The van der Waals surface area contributed by atoms with Gasteiger partial charge in [-0.1, -0.05) is 25.3 Å². The van der Waals surface area contributed by atoms with Crippen molar-refractivity contribution in [3.63, 3.8) is 0 Å². The average Bonchev–Trinajstić information content (AvgIpc) is 2.44. The Hall–Kier alpha value is -0.590. The number of rotatable bonds is 0. The van der Waals surface area contributed by atoms with Crippen LogP contribution >= 0.6 is 0 Å². The molecule has 3 aliphatic rings. The highest BCUT2D eigenvalue weighted by Crippen LogP contribution is 2.80. The normalized spacial score (nSPS) is 45.2. The molecule has 3 aliphatic carbocycles.